The Labute approximate surface area is 169 Å². The van der Waals surface area contributed by atoms with Crippen LogP contribution in [0.3, 0.4) is 0 Å². The molecular formula is C17H23Cl2N3O3S. The molecule has 9 heteroatoms. The van der Waals surface area contributed by atoms with Crippen molar-refractivity contribution in [2.45, 2.75) is 24.5 Å². The van der Waals surface area contributed by atoms with Crippen LogP contribution in [0.5, 0.6) is 0 Å². The molecule has 0 spiro atoms. The molecule has 2 aromatic heterocycles. The lowest BCUT2D eigenvalue weighted by Crippen LogP contribution is -2.55. The third kappa shape index (κ3) is 3.51. The summed E-state index contributed by atoms with van der Waals surface area (Å²) in [4.78, 5) is 19.6. The molecule has 6 nitrogen and oxygen atoms in total. The molecule has 2 bridgehead atoms. The van der Waals surface area contributed by atoms with Crippen LogP contribution in [-0.4, -0.2) is 57.9 Å². The monoisotopic (exact) mass is 419 g/mol. The van der Waals surface area contributed by atoms with Crippen LogP contribution in [0, 0.1) is 5.92 Å². The second-order valence-electron chi connectivity index (χ2n) is 6.58. The van der Waals surface area contributed by atoms with E-state index in [1.807, 2.05) is 16.8 Å². The van der Waals surface area contributed by atoms with E-state index in [2.05, 4.69) is 9.88 Å². The van der Waals surface area contributed by atoms with Crippen LogP contribution in [-0.2, 0) is 15.1 Å². The van der Waals surface area contributed by atoms with E-state index in [0.717, 1.165) is 38.0 Å². The lowest BCUT2D eigenvalue weighted by atomic mass is 9.85. The molecule has 1 N–H and O–H groups in total. The molecule has 0 aliphatic carbocycles. The number of ether oxygens (including phenoxy) is 1. The molecule has 144 valence electrons. The normalized spacial score (nSPS) is 26.3. The molecule has 0 aromatic carbocycles. The topological polar surface area (TPSA) is 67.6 Å². The van der Waals surface area contributed by atoms with Gasteiger partial charge in [-0.3, -0.25) is 4.90 Å². The minimum atomic E-state index is -1.26. The van der Waals surface area contributed by atoms with E-state index in [0.29, 0.717) is 5.92 Å². The van der Waals surface area contributed by atoms with E-state index < -0.39 is 11.5 Å². The molecule has 3 saturated heterocycles. The van der Waals surface area contributed by atoms with Crippen molar-refractivity contribution < 1.29 is 14.6 Å². The third-order valence-electron chi connectivity index (χ3n) is 5.37. The summed E-state index contributed by atoms with van der Waals surface area (Å²) in [5, 5.41) is 14.0. The second kappa shape index (κ2) is 8.71. The number of hydrogen-bond acceptors (Lipinski definition) is 6. The van der Waals surface area contributed by atoms with E-state index in [1.54, 1.807) is 23.3 Å². The summed E-state index contributed by atoms with van der Waals surface area (Å²) in [7, 11) is 0. The number of aromatic nitrogens is 2. The first kappa shape index (κ1) is 21.2. The zero-order valence-corrected chi connectivity index (χ0v) is 16.6. The fraction of sp³-hybridized carbons (Fsp3) is 0.529. The smallest absolute Gasteiger partial charge is 0.339 e. The van der Waals surface area contributed by atoms with Gasteiger partial charge >= 0.3 is 5.97 Å². The Morgan fingerprint density at radius 1 is 1.38 bits per heavy atom. The number of carbonyl (C=O) groups is 1. The Hall–Kier alpha value is -1.12. The number of thiophene rings is 1. The lowest BCUT2D eigenvalue weighted by Gasteiger charge is -2.45. The highest BCUT2D eigenvalue weighted by Crippen LogP contribution is 2.34. The summed E-state index contributed by atoms with van der Waals surface area (Å²) in [5.41, 5.74) is -0.526. The SMILES string of the molecule is Cl.Cl.O=C(O[C@H]1CN2CCC1CC2)C(CO)(c1ccsc1)n1ccnc1. The number of carbonyl (C=O) groups excluding carboxylic acids is 1. The van der Waals surface area contributed by atoms with E-state index in [4.69, 9.17) is 4.74 Å². The van der Waals surface area contributed by atoms with E-state index in [1.165, 1.54) is 11.3 Å². The molecular weight excluding hydrogens is 397 g/mol. The lowest BCUT2D eigenvalue weighted by molar-refractivity contribution is -0.169. The van der Waals surface area contributed by atoms with Gasteiger partial charge < -0.3 is 14.4 Å². The Kier molecular flexibility index (Phi) is 7.10. The van der Waals surface area contributed by atoms with Gasteiger partial charge in [0.05, 0.1) is 12.9 Å². The van der Waals surface area contributed by atoms with Gasteiger partial charge in [-0.1, -0.05) is 0 Å². The van der Waals surface area contributed by atoms with Crippen molar-refractivity contribution in [3.05, 3.63) is 41.1 Å². The quantitative estimate of drug-likeness (QED) is 0.751. The maximum absolute atomic E-state index is 13.2. The molecule has 26 heavy (non-hydrogen) atoms. The van der Waals surface area contributed by atoms with Gasteiger partial charge in [0.2, 0.25) is 0 Å². The first-order valence-corrected chi connectivity index (χ1v) is 9.24. The number of hydrogen-bond donors (Lipinski definition) is 1. The summed E-state index contributed by atoms with van der Waals surface area (Å²) < 4.78 is 7.60. The number of fused-ring (bicyclic) bond motifs is 3. The Bertz CT molecular complexity index is 654. The fourth-order valence-corrected chi connectivity index (χ4v) is 4.60. The van der Waals surface area contributed by atoms with Crippen molar-refractivity contribution in [1.29, 1.82) is 0 Å². The van der Waals surface area contributed by atoms with Gasteiger partial charge in [-0.2, -0.15) is 11.3 Å². The standard InChI is InChI=1S/C17H21N3O3S.2ClH/c21-11-17(14-3-8-24-10-14,20-7-4-18-12-20)16(22)23-15-9-19-5-1-13(15)2-6-19;;/h3-4,7-8,10,12-13,15,21H,1-2,5-6,9,11H2;2*1H/t15-,17?;;/m0../s1. The predicted molar refractivity (Wildman–Crippen MR) is 104 cm³/mol. The average Bonchev–Trinajstić information content (AvgIpc) is 3.32. The Balaban J connectivity index is 0.00000121. The molecule has 3 fully saturated rings. The average molecular weight is 420 g/mol. The van der Waals surface area contributed by atoms with Crippen molar-refractivity contribution >= 4 is 42.1 Å². The summed E-state index contributed by atoms with van der Waals surface area (Å²) in [6.45, 7) is 2.62. The number of piperidine rings is 3. The first-order valence-electron chi connectivity index (χ1n) is 8.29. The Morgan fingerprint density at radius 2 is 2.15 bits per heavy atom. The van der Waals surface area contributed by atoms with E-state index in [-0.39, 0.29) is 37.5 Å². The summed E-state index contributed by atoms with van der Waals surface area (Å²) in [5.74, 6) is 0.0285. The number of nitrogens with zero attached hydrogens (tertiary/aromatic N) is 3. The first-order chi connectivity index (χ1) is 11.7. The van der Waals surface area contributed by atoms with Gasteiger partial charge in [0.1, 0.15) is 6.10 Å². The molecule has 0 saturated carbocycles. The van der Waals surface area contributed by atoms with Gasteiger partial charge in [-0.25, -0.2) is 9.78 Å². The fourth-order valence-electron chi connectivity index (χ4n) is 3.87. The van der Waals surface area contributed by atoms with Crippen LogP contribution in [0.4, 0.5) is 0 Å². The molecule has 3 aliphatic rings. The van der Waals surface area contributed by atoms with Gasteiger partial charge in [-0.05, 0) is 48.7 Å². The number of aliphatic hydroxyl groups is 1. The second-order valence-corrected chi connectivity index (χ2v) is 7.36. The number of halogens is 2. The van der Waals surface area contributed by atoms with Gasteiger partial charge in [-0.15, -0.1) is 24.8 Å². The van der Waals surface area contributed by atoms with Crippen LogP contribution < -0.4 is 0 Å². The maximum atomic E-state index is 13.2. The molecule has 5 rings (SSSR count). The molecule has 0 radical (unpaired) electrons. The number of rotatable bonds is 5. The zero-order valence-electron chi connectivity index (χ0n) is 14.2. The van der Waals surface area contributed by atoms with Crippen LogP contribution in [0.25, 0.3) is 0 Å². The van der Waals surface area contributed by atoms with Crippen LogP contribution in [0.15, 0.2) is 35.5 Å². The highest BCUT2D eigenvalue weighted by molar-refractivity contribution is 7.08. The summed E-state index contributed by atoms with van der Waals surface area (Å²) >= 11 is 1.49. The molecule has 2 aromatic rings. The van der Waals surface area contributed by atoms with Gasteiger partial charge in [0.25, 0.3) is 0 Å². The van der Waals surface area contributed by atoms with Crippen molar-refractivity contribution in [1.82, 2.24) is 14.5 Å². The number of imidazole rings is 1. The van der Waals surface area contributed by atoms with Gasteiger partial charge in [0, 0.05) is 24.5 Å². The van der Waals surface area contributed by atoms with Crippen LogP contribution >= 0.6 is 36.2 Å². The minimum Gasteiger partial charge on any atom is -0.459 e. The number of esters is 1. The zero-order chi connectivity index (χ0) is 16.6. The molecule has 1 unspecified atom stereocenters. The molecule has 2 atom stereocenters. The van der Waals surface area contributed by atoms with E-state index >= 15 is 0 Å². The molecule has 3 aliphatic heterocycles. The minimum absolute atomic E-state index is 0. The summed E-state index contributed by atoms with van der Waals surface area (Å²) in [6.07, 6.45) is 6.93. The third-order valence-corrected chi connectivity index (χ3v) is 6.05. The van der Waals surface area contributed by atoms with Gasteiger partial charge in [0.15, 0.2) is 5.54 Å². The predicted octanol–water partition coefficient (Wildman–Crippen LogP) is 2.16. The molecule has 0 amide bonds. The van der Waals surface area contributed by atoms with Crippen molar-refractivity contribution in [2.24, 2.45) is 5.92 Å². The highest BCUT2D eigenvalue weighted by atomic mass is 35.5. The van der Waals surface area contributed by atoms with Crippen LogP contribution in [0.2, 0.25) is 0 Å². The summed E-state index contributed by atoms with van der Waals surface area (Å²) in [6, 6.07) is 1.86. The Morgan fingerprint density at radius 3 is 2.65 bits per heavy atom. The maximum Gasteiger partial charge on any atom is 0.339 e. The van der Waals surface area contributed by atoms with Crippen molar-refractivity contribution in [3.8, 4) is 0 Å². The molecule has 5 heterocycles. The van der Waals surface area contributed by atoms with Crippen molar-refractivity contribution in [2.75, 3.05) is 26.2 Å². The largest absolute Gasteiger partial charge is 0.459 e. The highest BCUT2D eigenvalue weighted by Gasteiger charge is 2.46. The van der Waals surface area contributed by atoms with Crippen molar-refractivity contribution in [3.63, 3.8) is 0 Å². The number of aliphatic hydroxyl groups excluding tert-OH is 1. The van der Waals surface area contributed by atoms with E-state index in [9.17, 15) is 9.90 Å². The van der Waals surface area contributed by atoms with Crippen LogP contribution in [0.1, 0.15) is 18.4 Å².